The minimum Gasteiger partial charge on any atom is -0.490 e. The van der Waals surface area contributed by atoms with Gasteiger partial charge < -0.3 is 25.4 Å². The Labute approximate surface area is 211 Å². The lowest BCUT2D eigenvalue weighted by Gasteiger charge is -2.35. The monoisotopic (exact) mass is 517 g/mol. The number of halogens is 3. The molecule has 5 rings (SSSR count). The van der Waals surface area contributed by atoms with Crippen LogP contribution >= 0.6 is 11.6 Å². The number of nitrogens with zero attached hydrogens (tertiary/aromatic N) is 6. The summed E-state index contributed by atoms with van der Waals surface area (Å²) in [6, 6.07) is 3.03. The average Bonchev–Trinajstić information content (AvgIpc) is 3.27. The molecule has 190 valence electrons. The predicted molar refractivity (Wildman–Crippen MR) is 130 cm³/mol. The SMILES string of the molecule is NC1CN(c2ncc(OCC3CCN(c4ncc(Cl)cn4)CC3O)cn2)CC1c1cc(F)ccc1F. The van der Waals surface area contributed by atoms with Gasteiger partial charge in [-0.2, -0.15) is 0 Å². The molecule has 1 aromatic carbocycles. The van der Waals surface area contributed by atoms with Crippen molar-refractivity contribution in [2.75, 3.05) is 42.6 Å². The molecule has 4 unspecified atom stereocenters. The Morgan fingerprint density at radius 1 is 1.00 bits per heavy atom. The maximum Gasteiger partial charge on any atom is 0.225 e. The second-order valence-corrected chi connectivity index (χ2v) is 9.57. The molecule has 36 heavy (non-hydrogen) atoms. The highest BCUT2D eigenvalue weighted by Gasteiger charge is 2.34. The second-order valence-electron chi connectivity index (χ2n) is 9.13. The molecular weight excluding hydrogens is 492 g/mol. The Kier molecular flexibility index (Phi) is 7.13. The minimum absolute atomic E-state index is 0.0632. The molecule has 2 aromatic heterocycles. The minimum atomic E-state index is -0.607. The van der Waals surface area contributed by atoms with E-state index >= 15 is 0 Å². The van der Waals surface area contributed by atoms with Gasteiger partial charge in [-0.05, 0) is 30.2 Å². The molecule has 4 heterocycles. The van der Waals surface area contributed by atoms with Gasteiger partial charge in [0.05, 0.1) is 42.5 Å². The van der Waals surface area contributed by atoms with Crippen molar-refractivity contribution in [1.82, 2.24) is 19.9 Å². The van der Waals surface area contributed by atoms with Gasteiger partial charge in [0.15, 0.2) is 5.75 Å². The highest BCUT2D eigenvalue weighted by atomic mass is 35.5. The van der Waals surface area contributed by atoms with Gasteiger partial charge >= 0.3 is 0 Å². The summed E-state index contributed by atoms with van der Waals surface area (Å²) in [6.45, 7) is 2.19. The van der Waals surface area contributed by atoms with Gasteiger partial charge in [-0.25, -0.2) is 28.7 Å². The molecule has 2 fully saturated rings. The molecule has 2 aliphatic heterocycles. The number of β-amino-alcohol motifs (C(OH)–C–C–N with tert-alkyl or cyclic N) is 1. The molecule has 3 N–H and O–H groups in total. The molecule has 2 aliphatic rings. The number of nitrogens with two attached hydrogens (primary N) is 1. The van der Waals surface area contributed by atoms with Crippen LogP contribution in [0.1, 0.15) is 17.9 Å². The number of aliphatic hydroxyl groups excluding tert-OH is 1. The van der Waals surface area contributed by atoms with Crippen molar-refractivity contribution in [2.24, 2.45) is 11.7 Å². The van der Waals surface area contributed by atoms with Crippen LogP contribution in [0.25, 0.3) is 0 Å². The van der Waals surface area contributed by atoms with Gasteiger partial charge in [0.1, 0.15) is 11.6 Å². The number of aliphatic hydroxyl groups is 1. The van der Waals surface area contributed by atoms with E-state index in [-0.39, 0.29) is 23.4 Å². The Morgan fingerprint density at radius 2 is 1.69 bits per heavy atom. The third-order valence-corrected chi connectivity index (χ3v) is 6.89. The van der Waals surface area contributed by atoms with Crippen molar-refractivity contribution in [3.8, 4) is 5.75 Å². The maximum absolute atomic E-state index is 14.2. The van der Waals surface area contributed by atoms with E-state index in [2.05, 4.69) is 19.9 Å². The van der Waals surface area contributed by atoms with E-state index < -0.39 is 17.7 Å². The van der Waals surface area contributed by atoms with Crippen molar-refractivity contribution >= 4 is 23.5 Å². The van der Waals surface area contributed by atoms with Crippen molar-refractivity contribution in [3.05, 3.63) is 65.2 Å². The zero-order chi connectivity index (χ0) is 25.2. The largest absolute Gasteiger partial charge is 0.490 e. The van der Waals surface area contributed by atoms with E-state index in [9.17, 15) is 13.9 Å². The molecule has 0 amide bonds. The summed E-state index contributed by atoms with van der Waals surface area (Å²) in [6.07, 6.45) is 6.29. The first-order chi connectivity index (χ1) is 17.4. The fourth-order valence-corrected chi connectivity index (χ4v) is 4.79. The van der Waals surface area contributed by atoms with Crippen LogP contribution in [0.15, 0.2) is 43.0 Å². The van der Waals surface area contributed by atoms with Crippen LogP contribution in [-0.4, -0.2) is 70.0 Å². The van der Waals surface area contributed by atoms with E-state index in [0.717, 1.165) is 12.1 Å². The van der Waals surface area contributed by atoms with E-state index in [1.165, 1.54) is 18.5 Å². The number of rotatable bonds is 6. The lowest BCUT2D eigenvalue weighted by atomic mass is 9.94. The predicted octanol–water partition coefficient (Wildman–Crippen LogP) is 2.40. The Bertz CT molecular complexity index is 1190. The van der Waals surface area contributed by atoms with Crippen molar-refractivity contribution in [3.63, 3.8) is 0 Å². The van der Waals surface area contributed by atoms with Gasteiger partial charge in [-0.1, -0.05) is 11.6 Å². The summed E-state index contributed by atoms with van der Waals surface area (Å²) in [7, 11) is 0. The fourth-order valence-electron chi connectivity index (χ4n) is 4.70. The van der Waals surface area contributed by atoms with Crippen LogP contribution in [0, 0.1) is 17.6 Å². The first-order valence-corrected chi connectivity index (χ1v) is 12.1. The molecule has 12 heteroatoms. The molecule has 3 aromatic rings. The van der Waals surface area contributed by atoms with Crippen molar-refractivity contribution in [1.29, 1.82) is 0 Å². The maximum atomic E-state index is 14.2. The Balaban J connectivity index is 1.15. The lowest BCUT2D eigenvalue weighted by Crippen LogP contribution is -2.46. The number of ether oxygens (including phenoxy) is 1. The van der Waals surface area contributed by atoms with Gasteiger partial charge in [0, 0.05) is 44.1 Å². The summed E-state index contributed by atoms with van der Waals surface area (Å²) in [5, 5.41) is 11.1. The van der Waals surface area contributed by atoms with Crippen LogP contribution in [-0.2, 0) is 0 Å². The van der Waals surface area contributed by atoms with E-state index in [4.69, 9.17) is 22.1 Å². The van der Waals surface area contributed by atoms with E-state index in [1.807, 2.05) is 9.80 Å². The molecule has 0 aliphatic carbocycles. The van der Waals surface area contributed by atoms with Crippen LogP contribution in [0.3, 0.4) is 0 Å². The van der Waals surface area contributed by atoms with Gasteiger partial charge in [0.2, 0.25) is 11.9 Å². The molecule has 0 saturated carbocycles. The van der Waals surface area contributed by atoms with Crippen molar-refractivity contribution in [2.45, 2.75) is 24.5 Å². The molecule has 9 nitrogen and oxygen atoms in total. The summed E-state index contributed by atoms with van der Waals surface area (Å²) in [5.41, 5.74) is 6.49. The highest BCUT2D eigenvalue weighted by Crippen LogP contribution is 2.31. The zero-order valence-electron chi connectivity index (χ0n) is 19.3. The standard InChI is InChI=1S/C24H26ClF2N7O2/c25-15-6-29-23(30-7-15)33-4-3-14(22(35)12-33)13-36-17-8-31-24(32-9-17)34-10-19(21(28)11-34)18-5-16(26)1-2-20(18)27/h1-2,5-9,14,19,21-22,35H,3-4,10-13,28H2. The number of aromatic nitrogens is 4. The Hall–Kier alpha value is -3.15. The van der Waals surface area contributed by atoms with Crippen LogP contribution in [0.2, 0.25) is 5.02 Å². The third kappa shape index (κ3) is 5.32. The zero-order valence-corrected chi connectivity index (χ0v) is 20.1. The second kappa shape index (κ2) is 10.5. The highest BCUT2D eigenvalue weighted by molar-refractivity contribution is 6.30. The average molecular weight is 518 g/mol. The summed E-state index contributed by atoms with van der Waals surface area (Å²) in [4.78, 5) is 20.9. The lowest BCUT2D eigenvalue weighted by molar-refractivity contribution is 0.0611. The van der Waals surface area contributed by atoms with Gasteiger partial charge in [0.25, 0.3) is 0 Å². The van der Waals surface area contributed by atoms with Crippen LogP contribution in [0.4, 0.5) is 20.7 Å². The molecule has 4 atom stereocenters. The molecular formula is C24H26ClF2N7O2. The topological polar surface area (TPSA) is 114 Å². The molecule has 0 bridgehead atoms. The molecule has 0 spiro atoms. The van der Waals surface area contributed by atoms with E-state index in [0.29, 0.717) is 61.9 Å². The summed E-state index contributed by atoms with van der Waals surface area (Å²) >= 11 is 5.84. The van der Waals surface area contributed by atoms with Crippen LogP contribution < -0.4 is 20.3 Å². The number of hydrogen-bond acceptors (Lipinski definition) is 9. The number of piperidine rings is 1. The first-order valence-electron chi connectivity index (χ1n) is 11.7. The summed E-state index contributed by atoms with van der Waals surface area (Å²) in [5.74, 6) is 0.0448. The van der Waals surface area contributed by atoms with E-state index in [1.54, 1.807) is 12.4 Å². The van der Waals surface area contributed by atoms with Crippen LogP contribution in [0.5, 0.6) is 5.75 Å². The molecule has 2 saturated heterocycles. The summed E-state index contributed by atoms with van der Waals surface area (Å²) < 4.78 is 33.7. The number of benzene rings is 1. The van der Waals surface area contributed by atoms with Gasteiger partial charge in [-0.15, -0.1) is 0 Å². The number of anilines is 2. The normalized spacial score (nSPS) is 24.2. The smallest absolute Gasteiger partial charge is 0.225 e. The molecule has 0 radical (unpaired) electrons. The van der Waals surface area contributed by atoms with Gasteiger partial charge in [-0.3, -0.25) is 0 Å². The quantitative estimate of drug-likeness (QED) is 0.508. The fraction of sp³-hybridized carbons (Fsp3) is 0.417. The first kappa shape index (κ1) is 24.5. The third-order valence-electron chi connectivity index (χ3n) is 6.70. The van der Waals surface area contributed by atoms with Crippen molar-refractivity contribution < 1.29 is 18.6 Å². The Morgan fingerprint density at radius 3 is 2.42 bits per heavy atom. The number of hydrogen-bond donors (Lipinski definition) is 2.